The lowest BCUT2D eigenvalue weighted by Crippen LogP contribution is -2.28. The number of likely N-dealkylation sites (N-methyl/N-ethyl adjacent to an activating group) is 1. The fraction of sp³-hybridized carbons (Fsp3) is 0.400. The first kappa shape index (κ1) is 8.85. The molecule has 2 N–H and O–H groups in total. The zero-order valence-electron chi connectivity index (χ0n) is 7.60. The smallest absolute Gasteiger partial charge is 0.0427 e. The van der Waals surface area contributed by atoms with Crippen LogP contribution in [0.3, 0.4) is 0 Å². The lowest BCUT2D eigenvalue weighted by atomic mass is 10.1. The van der Waals surface area contributed by atoms with E-state index in [1.54, 1.807) is 0 Å². The molecule has 0 bridgehead atoms. The molecule has 0 saturated heterocycles. The van der Waals surface area contributed by atoms with E-state index in [9.17, 15) is 0 Å². The zero-order valence-corrected chi connectivity index (χ0v) is 8.36. The summed E-state index contributed by atoms with van der Waals surface area (Å²) in [7, 11) is 1.97. The van der Waals surface area contributed by atoms with E-state index in [0.29, 0.717) is 6.04 Å². The Kier molecular flexibility index (Phi) is 2.42. The maximum atomic E-state index is 5.90. The van der Waals surface area contributed by atoms with Crippen molar-refractivity contribution < 1.29 is 0 Å². The van der Waals surface area contributed by atoms with Gasteiger partial charge in [0.05, 0.1) is 0 Å². The molecule has 2 nitrogen and oxygen atoms in total. The predicted octanol–water partition coefficient (Wildman–Crippen LogP) is 1.90. The molecule has 0 radical (unpaired) electrons. The van der Waals surface area contributed by atoms with Crippen molar-refractivity contribution in [3.63, 3.8) is 0 Å². The molecule has 0 saturated carbocycles. The van der Waals surface area contributed by atoms with Gasteiger partial charge in [0.2, 0.25) is 0 Å². The molecule has 2 rings (SSSR count). The number of rotatable bonds is 2. The van der Waals surface area contributed by atoms with Crippen molar-refractivity contribution in [3.8, 4) is 0 Å². The minimum Gasteiger partial charge on any atom is -0.380 e. The van der Waals surface area contributed by atoms with Crippen molar-refractivity contribution in [1.29, 1.82) is 0 Å². The van der Waals surface area contributed by atoms with Crippen molar-refractivity contribution in [1.82, 2.24) is 5.32 Å². The molecule has 1 aliphatic rings. The van der Waals surface area contributed by atoms with Crippen molar-refractivity contribution in [2.45, 2.75) is 12.5 Å². The minimum absolute atomic E-state index is 0.512. The highest BCUT2D eigenvalue weighted by atomic mass is 35.5. The van der Waals surface area contributed by atoms with E-state index in [-0.39, 0.29) is 0 Å². The fourth-order valence-corrected chi connectivity index (χ4v) is 1.97. The van der Waals surface area contributed by atoms with Crippen LogP contribution in [0.2, 0.25) is 5.02 Å². The van der Waals surface area contributed by atoms with Crippen LogP contribution in [-0.4, -0.2) is 19.6 Å². The zero-order chi connectivity index (χ0) is 9.26. The van der Waals surface area contributed by atoms with Gasteiger partial charge < -0.3 is 10.6 Å². The third kappa shape index (κ3) is 1.79. The Morgan fingerprint density at radius 1 is 1.62 bits per heavy atom. The van der Waals surface area contributed by atoms with Gasteiger partial charge in [-0.2, -0.15) is 0 Å². The van der Waals surface area contributed by atoms with Crippen LogP contribution in [0, 0.1) is 0 Å². The van der Waals surface area contributed by atoms with Crippen LogP contribution in [0.1, 0.15) is 5.56 Å². The molecule has 0 fully saturated rings. The van der Waals surface area contributed by atoms with Gasteiger partial charge in [0.15, 0.2) is 0 Å². The van der Waals surface area contributed by atoms with Gasteiger partial charge in [-0.3, -0.25) is 0 Å². The first-order valence-electron chi connectivity index (χ1n) is 4.49. The lowest BCUT2D eigenvalue weighted by molar-refractivity contribution is 0.674. The van der Waals surface area contributed by atoms with Gasteiger partial charge in [0, 0.05) is 23.3 Å². The average molecular weight is 197 g/mol. The van der Waals surface area contributed by atoms with E-state index in [1.807, 2.05) is 25.2 Å². The first-order chi connectivity index (χ1) is 6.29. The summed E-state index contributed by atoms with van der Waals surface area (Å²) in [4.78, 5) is 0. The largest absolute Gasteiger partial charge is 0.380 e. The summed E-state index contributed by atoms with van der Waals surface area (Å²) < 4.78 is 0. The Bertz CT molecular complexity index is 312. The summed E-state index contributed by atoms with van der Waals surface area (Å²) >= 11 is 5.90. The molecule has 1 aromatic rings. The van der Waals surface area contributed by atoms with Crippen LogP contribution >= 0.6 is 11.6 Å². The summed E-state index contributed by atoms with van der Waals surface area (Å²) in [6.45, 7) is 0.992. The van der Waals surface area contributed by atoms with Crippen LogP contribution in [-0.2, 0) is 6.42 Å². The van der Waals surface area contributed by atoms with Crippen molar-refractivity contribution in [2.24, 2.45) is 0 Å². The fourth-order valence-electron chi connectivity index (χ4n) is 1.78. The standard InChI is InChI=1S/C10H13ClN2/c1-12-6-9-5-7-4-8(11)2-3-10(7)13-9/h2-4,9,12-13H,5-6H2,1H3. The van der Waals surface area contributed by atoms with Crippen molar-refractivity contribution in [2.75, 3.05) is 18.9 Å². The van der Waals surface area contributed by atoms with E-state index in [2.05, 4.69) is 10.6 Å². The summed E-state index contributed by atoms with van der Waals surface area (Å²) in [5.41, 5.74) is 2.55. The van der Waals surface area contributed by atoms with Gasteiger partial charge >= 0.3 is 0 Å². The highest BCUT2D eigenvalue weighted by molar-refractivity contribution is 6.30. The van der Waals surface area contributed by atoms with E-state index >= 15 is 0 Å². The average Bonchev–Trinajstić information content (AvgIpc) is 2.46. The number of fused-ring (bicyclic) bond motifs is 1. The summed E-state index contributed by atoms with van der Waals surface area (Å²) in [5, 5.41) is 7.43. The number of hydrogen-bond acceptors (Lipinski definition) is 2. The second kappa shape index (κ2) is 3.56. The third-order valence-electron chi connectivity index (χ3n) is 2.34. The van der Waals surface area contributed by atoms with E-state index < -0.39 is 0 Å². The SMILES string of the molecule is CNCC1Cc2cc(Cl)ccc2N1. The van der Waals surface area contributed by atoms with Gasteiger partial charge in [-0.15, -0.1) is 0 Å². The molecule has 3 heteroatoms. The summed E-state index contributed by atoms with van der Waals surface area (Å²) in [6.07, 6.45) is 1.07. The van der Waals surface area contributed by atoms with Gasteiger partial charge in [-0.25, -0.2) is 0 Å². The molecule has 0 amide bonds. The molecule has 0 aromatic heterocycles. The van der Waals surface area contributed by atoms with Crippen molar-refractivity contribution in [3.05, 3.63) is 28.8 Å². The maximum Gasteiger partial charge on any atom is 0.0427 e. The second-order valence-electron chi connectivity index (χ2n) is 3.40. The Morgan fingerprint density at radius 3 is 3.23 bits per heavy atom. The van der Waals surface area contributed by atoms with Crippen molar-refractivity contribution >= 4 is 17.3 Å². The van der Waals surface area contributed by atoms with Crippen LogP contribution in [0.25, 0.3) is 0 Å². The minimum atomic E-state index is 0.512. The molecule has 1 atom stereocenters. The maximum absolute atomic E-state index is 5.90. The molecule has 1 heterocycles. The van der Waals surface area contributed by atoms with E-state index in [0.717, 1.165) is 18.0 Å². The first-order valence-corrected chi connectivity index (χ1v) is 4.87. The Labute approximate surface area is 83.3 Å². The monoisotopic (exact) mass is 196 g/mol. The van der Waals surface area contributed by atoms with Crippen LogP contribution in [0.4, 0.5) is 5.69 Å². The second-order valence-corrected chi connectivity index (χ2v) is 3.84. The van der Waals surface area contributed by atoms with E-state index in [4.69, 9.17) is 11.6 Å². The van der Waals surface area contributed by atoms with Crippen LogP contribution in [0.5, 0.6) is 0 Å². The topological polar surface area (TPSA) is 24.1 Å². The molecular weight excluding hydrogens is 184 g/mol. The van der Waals surface area contributed by atoms with Gasteiger partial charge in [0.1, 0.15) is 0 Å². The Morgan fingerprint density at radius 2 is 2.46 bits per heavy atom. The number of nitrogens with one attached hydrogen (secondary N) is 2. The van der Waals surface area contributed by atoms with Crippen LogP contribution in [0.15, 0.2) is 18.2 Å². The van der Waals surface area contributed by atoms with Gasteiger partial charge in [0.25, 0.3) is 0 Å². The lowest BCUT2D eigenvalue weighted by Gasteiger charge is -2.09. The van der Waals surface area contributed by atoms with Crippen LogP contribution < -0.4 is 10.6 Å². The number of benzene rings is 1. The Hall–Kier alpha value is -0.730. The van der Waals surface area contributed by atoms with Gasteiger partial charge in [-0.05, 0) is 37.2 Å². The Balaban J connectivity index is 2.16. The molecule has 1 aromatic carbocycles. The normalized spacial score (nSPS) is 19.7. The molecule has 0 spiro atoms. The molecule has 70 valence electrons. The molecule has 1 aliphatic heterocycles. The third-order valence-corrected chi connectivity index (χ3v) is 2.58. The predicted molar refractivity (Wildman–Crippen MR) is 56.5 cm³/mol. The number of anilines is 1. The molecular formula is C10H13ClN2. The number of halogens is 1. The summed E-state index contributed by atoms with van der Waals surface area (Å²) in [6, 6.07) is 6.53. The molecule has 0 aliphatic carbocycles. The number of hydrogen-bond donors (Lipinski definition) is 2. The molecule has 1 unspecified atom stereocenters. The molecule has 13 heavy (non-hydrogen) atoms. The van der Waals surface area contributed by atoms with E-state index in [1.165, 1.54) is 11.3 Å². The quantitative estimate of drug-likeness (QED) is 0.755. The van der Waals surface area contributed by atoms with Gasteiger partial charge in [-0.1, -0.05) is 11.6 Å². The highest BCUT2D eigenvalue weighted by Gasteiger charge is 2.19. The summed E-state index contributed by atoms with van der Waals surface area (Å²) in [5.74, 6) is 0. The highest BCUT2D eigenvalue weighted by Crippen LogP contribution is 2.27.